The second-order valence-corrected chi connectivity index (χ2v) is 8.08. The van der Waals surface area contributed by atoms with Gasteiger partial charge in [-0.2, -0.15) is 9.40 Å². The summed E-state index contributed by atoms with van der Waals surface area (Å²) < 4.78 is 40.1. The number of hydrogen-bond acceptors (Lipinski definition) is 7. The molecule has 3 aromatic rings. The van der Waals surface area contributed by atoms with Crippen LogP contribution in [0.15, 0.2) is 34.1 Å². The molecule has 4 rings (SSSR count). The van der Waals surface area contributed by atoms with Crippen LogP contribution in [-0.4, -0.2) is 52.3 Å². The van der Waals surface area contributed by atoms with Crippen molar-refractivity contribution in [2.24, 2.45) is 0 Å². The van der Waals surface area contributed by atoms with Crippen molar-refractivity contribution < 1.29 is 17.7 Å². The molecule has 26 heavy (non-hydrogen) atoms. The van der Waals surface area contributed by atoms with E-state index in [-0.39, 0.29) is 17.5 Å². The minimum absolute atomic E-state index is 0.126. The first-order chi connectivity index (χ1) is 12.5. The van der Waals surface area contributed by atoms with Gasteiger partial charge in [-0.3, -0.25) is 4.68 Å². The third-order valence-corrected chi connectivity index (χ3v) is 6.33. The molecule has 0 aromatic carbocycles. The van der Waals surface area contributed by atoms with Gasteiger partial charge in [0.05, 0.1) is 36.2 Å². The summed E-state index contributed by atoms with van der Waals surface area (Å²) in [5.74, 6) is 0. The van der Waals surface area contributed by atoms with Crippen LogP contribution >= 0.6 is 0 Å². The molecule has 1 aliphatic heterocycles. The highest BCUT2D eigenvalue weighted by atomic mass is 32.2. The normalized spacial score (nSPS) is 19.2. The fraction of sp³-hybridized carbons (Fsp3) is 0.438. The smallest absolute Gasteiger partial charge is 0.257 e. The van der Waals surface area contributed by atoms with Crippen LogP contribution in [0, 0.1) is 6.92 Å². The molecule has 4 heterocycles. The zero-order valence-corrected chi connectivity index (χ0v) is 15.3. The van der Waals surface area contributed by atoms with Crippen LogP contribution in [0.25, 0.3) is 11.1 Å². The topological polar surface area (TPSA) is 103 Å². The molecule has 0 amide bonds. The minimum atomic E-state index is -3.69. The van der Waals surface area contributed by atoms with Crippen LogP contribution in [0.3, 0.4) is 0 Å². The van der Waals surface area contributed by atoms with Crippen LogP contribution in [0.1, 0.15) is 24.3 Å². The van der Waals surface area contributed by atoms with Gasteiger partial charge in [0, 0.05) is 31.4 Å². The van der Waals surface area contributed by atoms with Gasteiger partial charge in [0.1, 0.15) is 4.90 Å². The van der Waals surface area contributed by atoms with Crippen molar-refractivity contribution in [1.29, 1.82) is 0 Å². The lowest BCUT2D eigenvalue weighted by Gasteiger charge is -2.31. The fourth-order valence-corrected chi connectivity index (χ4v) is 4.38. The molecule has 9 nitrogen and oxygen atoms in total. The van der Waals surface area contributed by atoms with Crippen molar-refractivity contribution in [3.8, 4) is 0 Å². The number of ether oxygens (including phenoxy) is 1. The van der Waals surface area contributed by atoms with Gasteiger partial charge < -0.3 is 9.26 Å². The Morgan fingerprint density at radius 3 is 2.96 bits per heavy atom. The van der Waals surface area contributed by atoms with Crippen LogP contribution < -0.4 is 0 Å². The third-order valence-electron chi connectivity index (χ3n) is 4.50. The highest BCUT2D eigenvalue weighted by molar-refractivity contribution is 7.89. The Morgan fingerprint density at radius 1 is 1.35 bits per heavy atom. The molecule has 1 saturated heterocycles. The lowest BCUT2D eigenvalue weighted by atomic mass is 10.2. The summed E-state index contributed by atoms with van der Waals surface area (Å²) in [6, 6.07) is 1.56. The maximum atomic E-state index is 13.1. The van der Waals surface area contributed by atoms with E-state index in [9.17, 15) is 8.42 Å². The van der Waals surface area contributed by atoms with Crippen molar-refractivity contribution in [1.82, 2.24) is 24.2 Å². The van der Waals surface area contributed by atoms with Crippen LogP contribution in [-0.2, 0) is 21.3 Å². The highest BCUT2D eigenvalue weighted by Gasteiger charge is 2.32. The van der Waals surface area contributed by atoms with Crippen LogP contribution in [0.5, 0.6) is 0 Å². The third kappa shape index (κ3) is 2.89. The number of nitrogens with zero attached hydrogens (tertiary/aromatic N) is 5. The Kier molecular flexibility index (Phi) is 4.25. The number of pyridine rings is 1. The van der Waals surface area contributed by atoms with E-state index in [0.717, 1.165) is 12.1 Å². The van der Waals surface area contributed by atoms with E-state index in [1.54, 1.807) is 23.9 Å². The summed E-state index contributed by atoms with van der Waals surface area (Å²) in [5, 5.41) is 8.65. The summed E-state index contributed by atoms with van der Waals surface area (Å²) in [6.45, 7) is 5.34. The zero-order valence-electron chi connectivity index (χ0n) is 14.5. The second-order valence-electron chi connectivity index (χ2n) is 6.14. The molecular formula is C16H19N5O4S. The van der Waals surface area contributed by atoms with E-state index in [1.165, 1.54) is 10.5 Å². The molecule has 3 aromatic heterocycles. The number of sulfonamides is 1. The Bertz CT molecular complexity index is 1040. The van der Waals surface area contributed by atoms with Gasteiger partial charge in [-0.15, -0.1) is 0 Å². The number of rotatable bonds is 4. The molecule has 138 valence electrons. The van der Waals surface area contributed by atoms with Gasteiger partial charge in [-0.25, -0.2) is 13.4 Å². The van der Waals surface area contributed by atoms with E-state index in [2.05, 4.69) is 15.2 Å². The summed E-state index contributed by atoms with van der Waals surface area (Å²) >= 11 is 0. The van der Waals surface area contributed by atoms with Crippen molar-refractivity contribution in [3.05, 3.63) is 35.9 Å². The second kappa shape index (κ2) is 6.45. The van der Waals surface area contributed by atoms with Crippen LogP contribution in [0.2, 0.25) is 0 Å². The van der Waals surface area contributed by atoms with Gasteiger partial charge in [-0.05, 0) is 19.9 Å². The first-order valence-corrected chi connectivity index (χ1v) is 9.79. The average Bonchev–Trinajstić information content (AvgIpc) is 3.29. The Balaban J connectivity index is 1.62. The number of fused-ring (bicyclic) bond motifs is 1. The fourth-order valence-electron chi connectivity index (χ4n) is 2.98. The monoisotopic (exact) mass is 377 g/mol. The van der Waals surface area contributed by atoms with Crippen molar-refractivity contribution in [3.63, 3.8) is 0 Å². The molecule has 1 fully saturated rings. The van der Waals surface area contributed by atoms with Gasteiger partial charge in [0.25, 0.3) is 5.71 Å². The maximum absolute atomic E-state index is 13.1. The Morgan fingerprint density at radius 2 is 2.19 bits per heavy atom. The lowest BCUT2D eigenvalue weighted by molar-refractivity contribution is -0.00260. The van der Waals surface area contributed by atoms with Gasteiger partial charge in [0.2, 0.25) is 10.0 Å². The summed E-state index contributed by atoms with van der Waals surface area (Å²) in [5.41, 5.74) is 1.81. The predicted molar refractivity (Wildman–Crippen MR) is 91.9 cm³/mol. The number of aromatic nitrogens is 4. The Hall–Kier alpha value is -2.30. The van der Waals surface area contributed by atoms with Crippen molar-refractivity contribution >= 4 is 21.1 Å². The SMILES string of the molecule is CCn1cc([C@H]2CN(S(=O)(=O)c3cnc4onc(C)c4c3)CCO2)cn1. The van der Waals surface area contributed by atoms with Crippen LogP contribution in [0.4, 0.5) is 0 Å². The molecule has 1 aliphatic rings. The van der Waals surface area contributed by atoms with Gasteiger partial charge >= 0.3 is 0 Å². The standard InChI is InChI=1S/C16H19N5O4S/c1-3-20-9-12(7-18-20)15-10-21(4-5-24-15)26(22,23)13-6-14-11(2)19-25-16(14)17-8-13/h6-9,15H,3-5,10H2,1-2H3/t15-/m1/s1. The first kappa shape index (κ1) is 17.1. The zero-order chi connectivity index (χ0) is 18.3. The van der Waals surface area contributed by atoms with E-state index in [0.29, 0.717) is 29.9 Å². The first-order valence-electron chi connectivity index (χ1n) is 8.35. The average molecular weight is 377 g/mol. The van der Waals surface area contributed by atoms with Crippen molar-refractivity contribution in [2.45, 2.75) is 31.4 Å². The summed E-state index contributed by atoms with van der Waals surface area (Å²) in [4.78, 5) is 4.20. The summed E-state index contributed by atoms with van der Waals surface area (Å²) in [6.07, 6.45) is 4.57. The molecule has 0 N–H and O–H groups in total. The highest BCUT2D eigenvalue weighted by Crippen LogP contribution is 2.27. The number of aryl methyl sites for hydroxylation is 2. The maximum Gasteiger partial charge on any atom is 0.257 e. The molecule has 0 spiro atoms. The molecule has 0 radical (unpaired) electrons. The Labute approximate surface area is 150 Å². The molecule has 0 aliphatic carbocycles. The molecule has 0 unspecified atom stereocenters. The van der Waals surface area contributed by atoms with E-state index >= 15 is 0 Å². The molecule has 1 atom stereocenters. The largest absolute Gasteiger partial charge is 0.371 e. The summed E-state index contributed by atoms with van der Waals surface area (Å²) in [7, 11) is -3.69. The number of morpholine rings is 1. The van der Waals surface area contributed by atoms with E-state index in [1.807, 2.05) is 13.1 Å². The predicted octanol–water partition coefficient (Wildman–Crippen LogP) is 1.51. The lowest BCUT2D eigenvalue weighted by Crippen LogP contribution is -2.42. The van der Waals surface area contributed by atoms with E-state index in [4.69, 9.17) is 9.26 Å². The minimum Gasteiger partial charge on any atom is -0.371 e. The van der Waals surface area contributed by atoms with Gasteiger partial charge in [0.15, 0.2) is 0 Å². The molecular weight excluding hydrogens is 358 g/mol. The van der Waals surface area contributed by atoms with E-state index < -0.39 is 10.0 Å². The molecule has 10 heteroatoms. The van der Waals surface area contributed by atoms with Gasteiger partial charge in [-0.1, -0.05) is 5.16 Å². The molecule has 0 saturated carbocycles. The molecule has 0 bridgehead atoms. The number of hydrogen-bond donors (Lipinski definition) is 0. The van der Waals surface area contributed by atoms with Crippen molar-refractivity contribution in [2.75, 3.05) is 19.7 Å². The quantitative estimate of drug-likeness (QED) is 0.679.